The number of hydrogen-bond donors (Lipinski definition) is 1. The summed E-state index contributed by atoms with van der Waals surface area (Å²) >= 11 is 0. The minimum absolute atomic E-state index is 0.741. The Labute approximate surface area is 101 Å². The van der Waals surface area contributed by atoms with E-state index in [0.717, 1.165) is 19.1 Å². The predicted octanol–water partition coefficient (Wildman–Crippen LogP) is 1.40. The summed E-state index contributed by atoms with van der Waals surface area (Å²) in [5, 5.41) is 3.55. The van der Waals surface area contributed by atoms with Crippen molar-refractivity contribution in [1.29, 1.82) is 0 Å². The van der Waals surface area contributed by atoms with E-state index in [1.807, 2.05) is 0 Å². The summed E-state index contributed by atoms with van der Waals surface area (Å²) in [6.45, 7) is 15.3. The highest BCUT2D eigenvalue weighted by Gasteiger charge is 2.21. The second-order valence-electron chi connectivity index (χ2n) is 4.74. The molecule has 0 saturated carbocycles. The number of nitrogens with zero attached hydrogens (tertiary/aromatic N) is 2. The maximum absolute atomic E-state index is 3.55. The van der Waals surface area contributed by atoms with Gasteiger partial charge in [-0.25, -0.2) is 0 Å². The molecule has 96 valence electrons. The van der Waals surface area contributed by atoms with Crippen LogP contribution < -0.4 is 5.32 Å². The Morgan fingerprint density at radius 1 is 1.06 bits per heavy atom. The first-order chi connectivity index (χ1) is 7.81. The van der Waals surface area contributed by atoms with Gasteiger partial charge in [0, 0.05) is 38.8 Å². The van der Waals surface area contributed by atoms with Gasteiger partial charge >= 0.3 is 0 Å². The first-order valence-electron chi connectivity index (χ1n) is 6.98. The summed E-state index contributed by atoms with van der Waals surface area (Å²) < 4.78 is 0. The van der Waals surface area contributed by atoms with Gasteiger partial charge in [0.05, 0.1) is 0 Å². The molecule has 3 heteroatoms. The maximum Gasteiger partial charge on any atom is 0.0219 e. The Bertz CT molecular complexity index is 162. The summed E-state index contributed by atoms with van der Waals surface area (Å²) in [5.74, 6) is 0. The van der Waals surface area contributed by atoms with Crippen molar-refractivity contribution in [2.75, 3.05) is 45.8 Å². The highest BCUT2D eigenvalue weighted by atomic mass is 15.3. The van der Waals surface area contributed by atoms with E-state index < -0.39 is 0 Å². The first-order valence-corrected chi connectivity index (χ1v) is 6.98. The van der Waals surface area contributed by atoms with Crippen LogP contribution in [0.25, 0.3) is 0 Å². The number of piperazine rings is 1. The number of likely N-dealkylation sites (N-methyl/N-ethyl adjacent to an activating group) is 1. The van der Waals surface area contributed by atoms with Gasteiger partial charge in [-0.3, -0.25) is 4.90 Å². The van der Waals surface area contributed by atoms with Crippen LogP contribution in [-0.4, -0.2) is 61.7 Å². The topological polar surface area (TPSA) is 18.5 Å². The quantitative estimate of drug-likeness (QED) is 0.663. The van der Waals surface area contributed by atoms with E-state index in [9.17, 15) is 0 Å². The molecular formula is C13H29N3. The summed E-state index contributed by atoms with van der Waals surface area (Å²) in [7, 11) is 0. The smallest absolute Gasteiger partial charge is 0.0219 e. The standard InChI is InChI=1S/C13H29N3/c1-4-7-14-12-13(5-2)16-10-8-15(6-3)9-11-16/h13-14H,4-12H2,1-3H3. The Kier molecular flexibility index (Phi) is 7.01. The molecule has 1 atom stereocenters. The van der Waals surface area contributed by atoms with Gasteiger partial charge in [-0.2, -0.15) is 0 Å². The molecule has 0 spiro atoms. The molecule has 0 aromatic heterocycles. The highest BCUT2D eigenvalue weighted by molar-refractivity contribution is 4.78. The largest absolute Gasteiger partial charge is 0.315 e. The van der Waals surface area contributed by atoms with Crippen LogP contribution in [0.1, 0.15) is 33.6 Å². The van der Waals surface area contributed by atoms with Crippen LogP contribution in [-0.2, 0) is 0 Å². The van der Waals surface area contributed by atoms with Crippen LogP contribution in [0, 0.1) is 0 Å². The minimum atomic E-state index is 0.741. The van der Waals surface area contributed by atoms with E-state index >= 15 is 0 Å². The van der Waals surface area contributed by atoms with Gasteiger partial charge in [0.2, 0.25) is 0 Å². The molecule has 0 aromatic rings. The molecule has 1 aliphatic rings. The van der Waals surface area contributed by atoms with Crippen molar-refractivity contribution in [3.05, 3.63) is 0 Å². The van der Waals surface area contributed by atoms with E-state index in [1.165, 1.54) is 45.6 Å². The first kappa shape index (κ1) is 13.9. The van der Waals surface area contributed by atoms with Crippen LogP contribution >= 0.6 is 0 Å². The van der Waals surface area contributed by atoms with Crippen LogP contribution in [0.4, 0.5) is 0 Å². The lowest BCUT2D eigenvalue weighted by Crippen LogP contribution is -2.52. The molecule has 16 heavy (non-hydrogen) atoms. The van der Waals surface area contributed by atoms with Crippen LogP contribution in [0.15, 0.2) is 0 Å². The van der Waals surface area contributed by atoms with Crippen LogP contribution in [0.3, 0.4) is 0 Å². The summed E-state index contributed by atoms with van der Waals surface area (Å²) in [6.07, 6.45) is 2.50. The molecule has 1 fully saturated rings. The second kappa shape index (κ2) is 8.04. The monoisotopic (exact) mass is 227 g/mol. The van der Waals surface area contributed by atoms with Gasteiger partial charge in [0.15, 0.2) is 0 Å². The fraction of sp³-hybridized carbons (Fsp3) is 1.00. The van der Waals surface area contributed by atoms with Crippen molar-refractivity contribution in [3.63, 3.8) is 0 Å². The summed E-state index contributed by atoms with van der Waals surface area (Å²) in [4.78, 5) is 5.21. The average molecular weight is 227 g/mol. The molecule has 1 aliphatic heterocycles. The number of hydrogen-bond acceptors (Lipinski definition) is 3. The average Bonchev–Trinajstić information content (AvgIpc) is 2.35. The zero-order valence-electron chi connectivity index (χ0n) is 11.3. The molecule has 3 nitrogen and oxygen atoms in total. The summed E-state index contributed by atoms with van der Waals surface area (Å²) in [6, 6.07) is 0.741. The second-order valence-corrected chi connectivity index (χ2v) is 4.74. The zero-order valence-corrected chi connectivity index (χ0v) is 11.3. The molecule has 0 bridgehead atoms. The molecule has 0 aliphatic carbocycles. The van der Waals surface area contributed by atoms with Crippen molar-refractivity contribution in [1.82, 2.24) is 15.1 Å². The molecule has 1 saturated heterocycles. The summed E-state index contributed by atoms with van der Waals surface area (Å²) in [5.41, 5.74) is 0. The molecule has 1 unspecified atom stereocenters. The van der Waals surface area contributed by atoms with Gasteiger partial charge in [0.1, 0.15) is 0 Å². The Hall–Kier alpha value is -0.120. The van der Waals surface area contributed by atoms with E-state index in [0.29, 0.717) is 0 Å². The Morgan fingerprint density at radius 2 is 1.75 bits per heavy atom. The minimum Gasteiger partial charge on any atom is -0.315 e. The van der Waals surface area contributed by atoms with Crippen molar-refractivity contribution in [2.24, 2.45) is 0 Å². The number of nitrogens with one attached hydrogen (secondary N) is 1. The van der Waals surface area contributed by atoms with Gasteiger partial charge in [0.25, 0.3) is 0 Å². The third-order valence-corrected chi connectivity index (χ3v) is 3.65. The van der Waals surface area contributed by atoms with Crippen LogP contribution in [0.2, 0.25) is 0 Å². The van der Waals surface area contributed by atoms with E-state index in [-0.39, 0.29) is 0 Å². The highest BCUT2D eigenvalue weighted by Crippen LogP contribution is 2.08. The van der Waals surface area contributed by atoms with Crippen molar-refractivity contribution in [3.8, 4) is 0 Å². The predicted molar refractivity (Wildman–Crippen MR) is 70.9 cm³/mol. The van der Waals surface area contributed by atoms with Gasteiger partial charge in [-0.05, 0) is 25.9 Å². The lowest BCUT2D eigenvalue weighted by atomic mass is 10.1. The van der Waals surface area contributed by atoms with Crippen LogP contribution in [0.5, 0.6) is 0 Å². The molecule has 0 amide bonds. The third-order valence-electron chi connectivity index (χ3n) is 3.65. The van der Waals surface area contributed by atoms with Crippen molar-refractivity contribution >= 4 is 0 Å². The van der Waals surface area contributed by atoms with Gasteiger partial charge in [-0.1, -0.05) is 20.8 Å². The number of rotatable bonds is 7. The van der Waals surface area contributed by atoms with Crippen molar-refractivity contribution in [2.45, 2.75) is 39.7 Å². The lowest BCUT2D eigenvalue weighted by Gasteiger charge is -2.38. The molecule has 0 aromatic carbocycles. The fourth-order valence-corrected chi connectivity index (χ4v) is 2.42. The van der Waals surface area contributed by atoms with Crippen molar-refractivity contribution < 1.29 is 0 Å². The van der Waals surface area contributed by atoms with E-state index in [4.69, 9.17) is 0 Å². The maximum atomic E-state index is 3.55. The zero-order chi connectivity index (χ0) is 11.8. The van der Waals surface area contributed by atoms with Gasteiger partial charge in [-0.15, -0.1) is 0 Å². The molecular weight excluding hydrogens is 198 g/mol. The molecule has 0 radical (unpaired) electrons. The molecule has 1 N–H and O–H groups in total. The fourth-order valence-electron chi connectivity index (χ4n) is 2.42. The molecule has 1 heterocycles. The van der Waals surface area contributed by atoms with E-state index in [1.54, 1.807) is 0 Å². The van der Waals surface area contributed by atoms with E-state index in [2.05, 4.69) is 35.9 Å². The van der Waals surface area contributed by atoms with Gasteiger partial charge < -0.3 is 10.2 Å². The SMILES string of the molecule is CCCNCC(CC)N1CCN(CC)CC1. The Morgan fingerprint density at radius 3 is 2.25 bits per heavy atom. The molecule has 1 rings (SSSR count). The normalized spacial score (nSPS) is 21.2. The Balaban J connectivity index is 2.25. The third kappa shape index (κ3) is 4.40. The lowest BCUT2D eigenvalue weighted by molar-refractivity contribution is 0.0965.